The van der Waals surface area contributed by atoms with E-state index in [0.717, 1.165) is 0 Å². The van der Waals surface area contributed by atoms with Crippen molar-refractivity contribution in [2.24, 2.45) is 0 Å². The van der Waals surface area contributed by atoms with Crippen LogP contribution in [0.4, 0.5) is 0 Å². The minimum Gasteiger partial charge on any atom is -1.00 e. The first-order valence-electron chi connectivity index (χ1n) is 2.63. The third kappa shape index (κ3) is 4.39. The summed E-state index contributed by atoms with van der Waals surface area (Å²) in [5.74, 6) is 0. The molecule has 1 aromatic carbocycles. The van der Waals surface area contributed by atoms with E-state index >= 15 is 0 Å². The van der Waals surface area contributed by atoms with Crippen LogP contribution in [0.15, 0.2) is 35.2 Å². The monoisotopic (exact) mass is 217 g/mol. The molecule has 4 nitrogen and oxygen atoms in total. The summed E-state index contributed by atoms with van der Waals surface area (Å²) in [6, 6.07) is 7.42. The predicted molar refractivity (Wildman–Crippen MR) is 49.3 cm³/mol. The average Bonchev–Trinajstić information content (AvgIpc) is 1.88. The second kappa shape index (κ2) is 5.90. The van der Waals surface area contributed by atoms with Gasteiger partial charge in [-0.1, -0.05) is 18.2 Å². The summed E-state index contributed by atoms with van der Waals surface area (Å²) < 4.78 is 29.2. The summed E-state index contributed by atoms with van der Waals surface area (Å²) in [5, 5.41) is 0. The fourth-order valence-corrected chi connectivity index (χ4v) is 1.09. The summed E-state index contributed by atoms with van der Waals surface area (Å²) in [6.07, 6.45) is 0. The predicted octanol–water partition coefficient (Wildman–Crippen LogP) is 0.940. The van der Waals surface area contributed by atoms with E-state index in [2.05, 4.69) is 0 Å². The van der Waals surface area contributed by atoms with Crippen molar-refractivity contribution in [3.05, 3.63) is 30.3 Å². The smallest absolute Gasteiger partial charge is 1.00 e. The molecule has 0 aliphatic heterocycles. The van der Waals surface area contributed by atoms with Crippen molar-refractivity contribution in [2.75, 3.05) is 0 Å². The summed E-state index contributed by atoms with van der Waals surface area (Å²) in [4.78, 5) is -0.0741. The molecule has 0 fully saturated rings. The Morgan fingerprint density at radius 3 is 1.83 bits per heavy atom. The quantitative estimate of drug-likeness (QED) is 0.541. The molecular formula is C6H11CaNO3S. The molecule has 0 aromatic heterocycles. The van der Waals surface area contributed by atoms with Gasteiger partial charge in [0.1, 0.15) is 0 Å². The van der Waals surface area contributed by atoms with E-state index in [1.54, 1.807) is 18.2 Å². The van der Waals surface area contributed by atoms with Crippen molar-refractivity contribution in [3.8, 4) is 0 Å². The Kier molecular flexibility index (Phi) is 7.31. The average molecular weight is 217 g/mol. The van der Waals surface area contributed by atoms with Crippen LogP contribution in [0.5, 0.6) is 0 Å². The third-order valence-corrected chi connectivity index (χ3v) is 1.91. The Bertz CT molecular complexity index is 319. The first kappa shape index (κ1) is 14.9. The van der Waals surface area contributed by atoms with E-state index in [4.69, 9.17) is 4.55 Å². The summed E-state index contributed by atoms with van der Waals surface area (Å²) in [5.41, 5.74) is 0. The molecule has 0 aliphatic rings. The van der Waals surface area contributed by atoms with E-state index in [0.29, 0.717) is 0 Å². The topological polar surface area (TPSA) is 89.4 Å². The van der Waals surface area contributed by atoms with Crippen LogP contribution in [-0.2, 0) is 10.1 Å². The molecule has 0 saturated heterocycles. The molecule has 0 radical (unpaired) electrons. The summed E-state index contributed by atoms with van der Waals surface area (Å²) in [6.45, 7) is 0. The minimum absolute atomic E-state index is 0. The molecule has 0 spiro atoms. The first-order valence-corrected chi connectivity index (χ1v) is 4.07. The zero-order valence-electron chi connectivity index (χ0n) is 8.47. The second-order valence-corrected chi connectivity index (χ2v) is 3.21. The van der Waals surface area contributed by atoms with Crippen LogP contribution in [0.2, 0.25) is 0 Å². The second-order valence-electron chi connectivity index (χ2n) is 1.79. The van der Waals surface area contributed by atoms with Crippen molar-refractivity contribution in [1.29, 1.82) is 0 Å². The molecule has 1 aromatic rings. The van der Waals surface area contributed by atoms with E-state index in [9.17, 15) is 8.42 Å². The minimum atomic E-state index is -4.00. The molecule has 0 atom stereocenters. The van der Waals surface area contributed by atoms with Crippen LogP contribution < -0.4 is 6.15 Å². The number of hydrogen-bond donors (Lipinski definition) is 2. The molecule has 6 heteroatoms. The van der Waals surface area contributed by atoms with Crippen LogP contribution in [0.25, 0.3) is 0 Å². The summed E-state index contributed by atoms with van der Waals surface area (Å²) in [7, 11) is -4.00. The molecule has 0 saturated carbocycles. The van der Waals surface area contributed by atoms with Gasteiger partial charge in [0.15, 0.2) is 0 Å². The first-order chi connectivity index (χ1) is 4.61. The number of hydrogen-bond acceptors (Lipinski definition) is 3. The molecule has 0 amide bonds. The van der Waals surface area contributed by atoms with Crippen molar-refractivity contribution in [1.82, 2.24) is 6.15 Å². The van der Waals surface area contributed by atoms with Crippen LogP contribution >= 0.6 is 0 Å². The fourth-order valence-electron chi connectivity index (χ4n) is 0.592. The van der Waals surface area contributed by atoms with Crippen LogP contribution in [0.3, 0.4) is 0 Å². The molecule has 66 valence electrons. The normalized spacial score (nSPS) is 9.42. The Morgan fingerprint density at radius 2 is 1.58 bits per heavy atom. The van der Waals surface area contributed by atoms with Crippen LogP contribution in [0, 0.1) is 0 Å². The Hall–Kier alpha value is 0.350. The van der Waals surface area contributed by atoms with Gasteiger partial charge in [-0.05, 0) is 12.1 Å². The maximum absolute atomic E-state index is 10.4. The standard InChI is InChI=1S/C6H6O3S.Ca.H3N.2H/c7-10(8,9)6-4-2-1-3-5-6;;;;/h1-5H,(H,7,8,9);;1H3;;/q;+2;;2*-1. The van der Waals surface area contributed by atoms with E-state index in [1.165, 1.54) is 12.1 Å². The molecular weight excluding hydrogens is 206 g/mol. The van der Waals surface area contributed by atoms with Crippen molar-refractivity contribution in [2.45, 2.75) is 4.90 Å². The zero-order valence-corrected chi connectivity index (χ0v) is 9.50. The number of rotatable bonds is 1. The maximum atomic E-state index is 10.4. The number of benzene rings is 1. The van der Waals surface area contributed by atoms with Gasteiger partial charge < -0.3 is 9.00 Å². The molecule has 0 heterocycles. The van der Waals surface area contributed by atoms with Crippen molar-refractivity contribution < 1.29 is 15.8 Å². The van der Waals surface area contributed by atoms with E-state index in [1.807, 2.05) is 0 Å². The Labute approximate surface area is 104 Å². The van der Waals surface area contributed by atoms with Gasteiger partial charge in [-0.3, -0.25) is 4.55 Å². The molecule has 0 bridgehead atoms. The molecule has 4 N–H and O–H groups in total. The van der Waals surface area contributed by atoms with Gasteiger partial charge >= 0.3 is 37.7 Å². The fraction of sp³-hybridized carbons (Fsp3) is 0. The zero-order chi connectivity index (χ0) is 7.61. The third-order valence-electron chi connectivity index (χ3n) is 1.04. The van der Waals surface area contributed by atoms with Gasteiger partial charge in [0, 0.05) is 0 Å². The van der Waals surface area contributed by atoms with Gasteiger partial charge in [-0.25, -0.2) is 0 Å². The summed E-state index contributed by atoms with van der Waals surface area (Å²) >= 11 is 0. The SMILES string of the molecule is N.O=S(=O)(O)c1ccccc1.[Ca+2].[H-].[H-]. The molecule has 12 heavy (non-hydrogen) atoms. The Morgan fingerprint density at radius 1 is 1.17 bits per heavy atom. The van der Waals surface area contributed by atoms with Crippen LogP contribution in [0.1, 0.15) is 2.85 Å². The van der Waals surface area contributed by atoms with Gasteiger partial charge in [0.2, 0.25) is 0 Å². The van der Waals surface area contributed by atoms with Gasteiger partial charge in [0.25, 0.3) is 10.1 Å². The largest absolute Gasteiger partial charge is 2.00 e. The van der Waals surface area contributed by atoms with Gasteiger partial charge in [-0.15, -0.1) is 0 Å². The van der Waals surface area contributed by atoms with Crippen molar-refractivity contribution >= 4 is 47.9 Å². The van der Waals surface area contributed by atoms with Crippen molar-refractivity contribution in [3.63, 3.8) is 0 Å². The molecule has 0 aliphatic carbocycles. The molecule has 0 unspecified atom stereocenters. The van der Waals surface area contributed by atoms with E-state index in [-0.39, 0.29) is 51.6 Å². The van der Waals surface area contributed by atoms with Crippen LogP contribution in [-0.4, -0.2) is 50.7 Å². The Balaban J connectivity index is -0.000000125. The van der Waals surface area contributed by atoms with E-state index < -0.39 is 10.1 Å². The van der Waals surface area contributed by atoms with Gasteiger partial charge in [0.05, 0.1) is 4.90 Å². The molecule has 1 rings (SSSR count). The van der Waals surface area contributed by atoms with Gasteiger partial charge in [-0.2, -0.15) is 8.42 Å². The maximum Gasteiger partial charge on any atom is 2.00 e.